The summed E-state index contributed by atoms with van der Waals surface area (Å²) in [6.07, 6.45) is 6.75. The molecular weight excluding hydrogens is 180 g/mol. The van der Waals surface area contributed by atoms with Gasteiger partial charge in [-0.15, -0.1) is 11.3 Å². The van der Waals surface area contributed by atoms with Gasteiger partial charge in [-0.1, -0.05) is 19.3 Å². The highest BCUT2D eigenvalue weighted by Crippen LogP contribution is 2.36. The lowest BCUT2D eigenvalue weighted by molar-refractivity contribution is 0.442. The third kappa shape index (κ3) is 1.85. The van der Waals surface area contributed by atoms with Gasteiger partial charge in [-0.25, -0.2) is 4.98 Å². The molecule has 0 aromatic carbocycles. The molecule has 3 heteroatoms. The molecule has 0 bridgehead atoms. The van der Waals surface area contributed by atoms with Crippen LogP contribution in [0.2, 0.25) is 0 Å². The second-order valence-electron chi connectivity index (χ2n) is 3.83. The average molecular weight is 196 g/mol. The maximum Gasteiger partial charge on any atom is 0.137 e. The number of anilines is 1. The first kappa shape index (κ1) is 9.00. The lowest BCUT2D eigenvalue weighted by atomic mass is 9.90. The number of aromatic nitrogens is 1. The fourth-order valence-electron chi connectivity index (χ4n) is 1.95. The summed E-state index contributed by atoms with van der Waals surface area (Å²) in [7, 11) is 0. The molecule has 0 atom stereocenters. The summed E-state index contributed by atoms with van der Waals surface area (Å²) in [4.78, 5) is 5.61. The molecule has 2 nitrogen and oxygen atoms in total. The number of hydrogen-bond donors (Lipinski definition) is 1. The van der Waals surface area contributed by atoms with Crippen molar-refractivity contribution in [2.45, 2.75) is 44.9 Å². The molecule has 13 heavy (non-hydrogen) atoms. The highest BCUT2D eigenvalue weighted by Gasteiger charge is 2.19. The quantitative estimate of drug-likeness (QED) is 0.749. The number of aryl methyl sites for hydroxylation is 1. The van der Waals surface area contributed by atoms with E-state index in [-0.39, 0.29) is 0 Å². The summed E-state index contributed by atoms with van der Waals surface area (Å²) in [6, 6.07) is 0. The smallest absolute Gasteiger partial charge is 0.137 e. The minimum absolute atomic E-state index is 0.703. The summed E-state index contributed by atoms with van der Waals surface area (Å²) in [5.41, 5.74) is 5.75. The molecule has 1 fully saturated rings. The van der Waals surface area contributed by atoms with Gasteiger partial charge in [0.05, 0.1) is 5.01 Å². The number of nitrogens with zero attached hydrogens (tertiary/aromatic N) is 1. The predicted molar refractivity (Wildman–Crippen MR) is 57.1 cm³/mol. The van der Waals surface area contributed by atoms with Crippen LogP contribution in [0.15, 0.2) is 0 Å². The minimum atomic E-state index is 0.703. The topological polar surface area (TPSA) is 38.9 Å². The maximum atomic E-state index is 5.75. The first-order chi connectivity index (χ1) is 6.27. The van der Waals surface area contributed by atoms with Gasteiger partial charge in [0.15, 0.2) is 0 Å². The molecule has 1 aromatic heterocycles. The van der Waals surface area contributed by atoms with Crippen molar-refractivity contribution in [3.8, 4) is 0 Å². The zero-order valence-electron chi connectivity index (χ0n) is 8.05. The van der Waals surface area contributed by atoms with Crippen molar-refractivity contribution in [2.24, 2.45) is 0 Å². The molecule has 0 spiro atoms. The third-order valence-corrected chi connectivity index (χ3v) is 3.95. The number of rotatable bonds is 1. The van der Waals surface area contributed by atoms with Crippen molar-refractivity contribution in [3.63, 3.8) is 0 Å². The third-order valence-electron chi connectivity index (χ3n) is 2.80. The monoisotopic (exact) mass is 196 g/mol. The largest absolute Gasteiger partial charge is 0.383 e. The van der Waals surface area contributed by atoms with Crippen LogP contribution in [0.4, 0.5) is 5.82 Å². The molecule has 2 rings (SSSR count). The van der Waals surface area contributed by atoms with Crippen molar-refractivity contribution in [2.75, 3.05) is 5.73 Å². The summed E-state index contributed by atoms with van der Waals surface area (Å²) in [6.45, 7) is 2.05. The van der Waals surface area contributed by atoms with Crippen molar-refractivity contribution in [3.05, 3.63) is 9.88 Å². The van der Waals surface area contributed by atoms with Crippen molar-refractivity contribution >= 4 is 17.2 Å². The Labute approximate surface area is 83.2 Å². The van der Waals surface area contributed by atoms with E-state index in [0.29, 0.717) is 5.92 Å². The van der Waals surface area contributed by atoms with Gasteiger partial charge in [-0.05, 0) is 19.8 Å². The molecular formula is C10H16N2S. The molecule has 1 aromatic rings. The van der Waals surface area contributed by atoms with E-state index in [2.05, 4.69) is 11.9 Å². The van der Waals surface area contributed by atoms with E-state index in [1.807, 2.05) is 0 Å². The van der Waals surface area contributed by atoms with Gasteiger partial charge in [0.1, 0.15) is 5.82 Å². The summed E-state index contributed by atoms with van der Waals surface area (Å²) < 4.78 is 0. The van der Waals surface area contributed by atoms with Crippen molar-refractivity contribution in [1.29, 1.82) is 0 Å². The van der Waals surface area contributed by atoms with Gasteiger partial charge in [0, 0.05) is 10.8 Å². The van der Waals surface area contributed by atoms with Gasteiger partial charge >= 0.3 is 0 Å². The van der Waals surface area contributed by atoms with Gasteiger partial charge in [0.2, 0.25) is 0 Å². The molecule has 0 unspecified atom stereocenters. The molecule has 0 radical (unpaired) electrons. The second kappa shape index (κ2) is 3.66. The van der Waals surface area contributed by atoms with E-state index in [1.54, 1.807) is 11.3 Å². The molecule has 1 heterocycles. The normalized spacial score (nSPS) is 19.2. The lowest BCUT2D eigenvalue weighted by Crippen LogP contribution is -2.04. The van der Waals surface area contributed by atoms with Gasteiger partial charge in [0.25, 0.3) is 0 Å². The first-order valence-corrected chi connectivity index (χ1v) is 5.82. The van der Waals surface area contributed by atoms with Gasteiger partial charge < -0.3 is 5.73 Å². The van der Waals surface area contributed by atoms with E-state index < -0.39 is 0 Å². The SMILES string of the molecule is Cc1sc(C2CCCCC2)nc1N. The summed E-state index contributed by atoms with van der Waals surface area (Å²) >= 11 is 1.78. The molecule has 0 aliphatic heterocycles. The maximum absolute atomic E-state index is 5.75. The lowest BCUT2D eigenvalue weighted by Gasteiger charge is -2.18. The van der Waals surface area contributed by atoms with Crippen LogP contribution >= 0.6 is 11.3 Å². The second-order valence-corrected chi connectivity index (χ2v) is 5.06. The molecule has 72 valence electrons. The Morgan fingerprint density at radius 3 is 2.54 bits per heavy atom. The molecule has 1 saturated carbocycles. The van der Waals surface area contributed by atoms with Crippen molar-refractivity contribution in [1.82, 2.24) is 4.98 Å². The van der Waals surface area contributed by atoms with E-state index in [9.17, 15) is 0 Å². The van der Waals surface area contributed by atoms with Crippen LogP contribution in [0.3, 0.4) is 0 Å². The van der Waals surface area contributed by atoms with Crippen LogP contribution in [0.25, 0.3) is 0 Å². The fraction of sp³-hybridized carbons (Fsp3) is 0.700. The van der Waals surface area contributed by atoms with E-state index >= 15 is 0 Å². The molecule has 2 N–H and O–H groups in total. The zero-order valence-corrected chi connectivity index (χ0v) is 8.86. The van der Waals surface area contributed by atoms with Crippen LogP contribution in [-0.4, -0.2) is 4.98 Å². The van der Waals surface area contributed by atoms with Crippen LogP contribution in [-0.2, 0) is 0 Å². The van der Waals surface area contributed by atoms with Crippen LogP contribution in [0, 0.1) is 6.92 Å². The van der Waals surface area contributed by atoms with E-state index in [0.717, 1.165) is 5.82 Å². The van der Waals surface area contributed by atoms with Gasteiger partial charge in [-0.2, -0.15) is 0 Å². The van der Waals surface area contributed by atoms with E-state index in [1.165, 1.54) is 42.0 Å². The molecule has 0 saturated heterocycles. The van der Waals surface area contributed by atoms with Crippen LogP contribution in [0.1, 0.15) is 47.9 Å². The Bertz CT molecular complexity index is 268. The first-order valence-electron chi connectivity index (χ1n) is 5.00. The summed E-state index contributed by atoms with van der Waals surface area (Å²) in [5, 5.41) is 1.27. The highest BCUT2D eigenvalue weighted by molar-refractivity contribution is 7.12. The predicted octanol–water partition coefficient (Wildman–Crippen LogP) is 3.08. The van der Waals surface area contributed by atoms with Crippen LogP contribution < -0.4 is 5.73 Å². The highest BCUT2D eigenvalue weighted by atomic mass is 32.1. The van der Waals surface area contributed by atoms with Gasteiger partial charge in [-0.3, -0.25) is 0 Å². The average Bonchev–Trinajstić information content (AvgIpc) is 2.49. The Morgan fingerprint density at radius 1 is 1.31 bits per heavy atom. The standard InChI is InChI=1S/C10H16N2S/c1-7-9(11)12-10(13-7)8-5-3-2-4-6-8/h8H,2-6,11H2,1H3. The zero-order chi connectivity index (χ0) is 9.26. The molecule has 1 aliphatic rings. The Balaban J connectivity index is 2.14. The number of thiazole rings is 1. The molecule has 0 amide bonds. The number of hydrogen-bond acceptors (Lipinski definition) is 3. The van der Waals surface area contributed by atoms with Crippen molar-refractivity contribution < 1.29 is 0 Å². The van der Waals surface area contributed by atoms with Crippen LogP contribution in [0.5, 0.6) is 0 Å². The number of nitrogens with two attached hydrogens (primary N) is 1. The fourth-order valence-corrected chi connectivity index (χ4v) is 2.96. The number of nitrogen functional groups attached to an aromatic ring is 1. The van der Waals surface area contributed by atoms with E-state index in [4.69, 9.17) is 5.73 Å². The summed E-state index contributed by atoms with van der Waals surface area (Å²) in [5.74, 6) is 1.44. The minimum Gasteiger partial charge on any atom is -0.383 e. The Kier molecular flexibility index (Phi) is 2.54. The Hall–Kier alpha value is -0.570. The Morgan fingerprint density at radius 2 is 2.00 bits per heavy atom. The molecule has 1 aliphatic carbocycles.